The Morgan fingerprint density at radius 2 is 1.94 bits per heavy atom. The van der Waals surface area contributed by atoms with Crippen molar-refractivity contribution in [1.82, 2.24) is 10.3 Å². The molecule has 0 saturated carbocycles. The summed E-state index contributed by atoms with van der Waals surface area (Å²) in [5.74, 6) is -3.02. The molecule has 182 valence electrons. The molecule has 0 spiro atoms. The third-order valence-electron chi connectivity index (χ3n) is 5.28. The molecule has 3 rings (SSSR count). The van der Waals surface area contributed by atoms with Crippen molar-refractivity contribution >= 4 is 40.8 Å². The van der Waals surface area contributed by atoms with E-state index in [9.17, 15) is 31.9 Å². The summed E-state index contributed by atoms with van der Waals surface area (Å²) >= 11 is 5.84. The van der Waals surface area contributed by atoms with E-state index in [4.69, 9.17) is 11.6 Å². The van der Waals surface area contributed by atoms with Gasteiger partial charge in [-0.25, -0.2) is 9.37 Å². The molecule has 34 heavy (non-hydrogen) atoms. The summed E-state index contributed by atoms with van der Waals surface area (Å²) in [6, 6.07) is 2.72. The number of rotatable bonds is 5. The van der Waals surface area contributed by atoms with E-state index in [2.05, 4.69) is 10.3 Å². The number of hydrogen-bond donors (Lipinski definition) is 1. The summed E-state index contributed by atoms with van der Waals surface area (Å²) in [4.78, 5) is 44.4. The van der Waals surface area contributed by atoms with Gasteiger partial charge >= 0.3 is 6.18 Å². The van der Waals surface area contributed by atoms with Crippen molar-refractivity contribution in [2.24, 2.45) is 0 Å². The van der Waals surface area contributed by atoms with Gasteiger partial charge < -0.3 is 10.2 Å². The molecule has 7 nitrogen and oxygen atoms in total. The van der Waals surface area contributed by atoms with Gasteiger partial charge in [0.25, 0.3) is 5.91 Å². The van der Waals surface area contributed by atoms with Crippen LogP contribution in [0.3, 0.4) is 0 Å². The third-order valence-corrected chi connectivity index (χ3v) is 5.57. The van der Waals surface area contributed by atoms with Crippen molar-refractivity contribution in [2.75, 3.05) is 16.3 Å². The highest BCUT2D eigenvalue weighted by Crippen LogP contribution is 2.35. The van der Waals surface area contributed by atoms with Gasteiger partial charge in [0.2, 0.25) is 11.8 Å². The molecule has 1 N–H and O–H groups in total. The van der Waals surface area contributed by atoms with Crippen LogP contribution in [0.4, 0.5) is 29.1 Å². The van der Waals surface area contributed by atoms with E-state index in [1.54, 1.807) is 6.92 Å². The van der Waals surface area contributed by atoms with E-state index < -0.39 is 47.4 Å². The van der Waals surface area contributed by atoms with Gasteiger partial charge in [0.05, 0.1) is 10.6 Å². The van der Waals surface area contributed by atoms with Gasteiger partial charge in [-0.05, 0) is 44.2 Å². The Morgan fingerprint density at radius 3 is 2.50 bits per heavy atom. The monoisotopic (exact) mass is 500 g/mol. The van der Waals surface area contributed by atoms with Crippen LogP contribution in [0.15, 0.2) is 30.3 Å². The number of pyridine rings is 1. The average Bonchev–Trinajstić information content (AvgIpc) is 3.05. The highest BCUT2D eigenvalue weighted by molar-refractivity contribution is 6.31. The first-order valence-corrected chi connectivity index (χ1v) is 10.6. The van der Waals surface area contributed by atoms with Gasteiger partial charge in [-0.2, -0.15) is 13.2 Å². The predicted molar refractivity (Wildman–Crippen MR) is 117 cm³/mol. The Kier molecular flexibility index (Phi) is 7.15. The number of halogens is 5. The number of anilines is 2. The van der Waals surface area contributed by atoms with Gasteiger partial charge in [-0.1, -0.05) is 11.6 Å². The summed E-state index contributed by atoms with van der Waals surface area (Å²) in [6.45, 7) is 4.24. The molecule has 3 amide bonds. The van der Waals surface area contributed by atoms with Crippen LogP contribution in [0.1, 0.15) is 31.5 Å². The molecule has 1 aliphatic heterocycles. The molecule has 1 unspecified atom stereocenters. The Labute approximate surface area is 197 Å². The number of benzene rings is 1. The van der Waals surface area contributed by atoms with Crippen molar-refractivity contribution < 1.29 is 31.9 Å². The highest BCUT2D eigenvalue weighted by atomic mass is 35.5. The predicted octanol–water partition coefficient (Wildman–Crippen LogP) is 3.86. The second kappa shape index (κ2) is 9.57. The van der Waals surface area contributed by atoms with Crippen LogP contribution in [-0.4, -0.2) is 41.3 Å². The molecular formula is C22H21ClF4N4O3. The number of aromatic nitrogens is 1. The van der Waals surface area contributed by atoms with Crippen LogP contribution in [0.2, 0.25) is 5.02 Å². The lowest BCUT2D eigenvalue weighted by Gasteiger charge is -2.29. The number of alkyl halides is 3. The molecule has 0 bridgehead atoms. The van der Waals surface area contributed by atoms with Gasteiger partial charge in [-0.3, -0.25) is 19.3 Å². The minimum absolute atomic E-state index is 0.00975. The smallest absolute Gasteiger partial charge is 0.344 e. The maximum atomic E-state index is 13.6. The lowest BCUT2D eigenvalue weighted by Crippen LogP contribution is -2.48. The standard InChI is InChI=1S/C22H21ClF4N4O3/c1-4-30(14-5-6-16(24)15(23)9-14)21(34)18-10-17(29-12(3)32)20(33)31(18)19-8-13(22(25,26)27)7-11(2)28-19/h5-9,17-18H,4,10H2,1-3H3,(H,29,32)/t17?,18-/m0/s1. The minimum atomic E-state index is -4.71. The number of nitrogens with zero attached hydrogens (tertiary/aromatic N) is 3. The molecule has 1 aromatic carbocycles. The fourth-order valence-corrected chi connectivity index (χ4v) is 4.01. The Hall–Kier alpha value is -3.21. The lowest BCUT2D eigenvalue weighted by molar-refractivity contribution is -0.137. The molecule has 0 radical (unpaired) electrons. The molecular weight excluding hydrogens is 480 g/mol. The number of carbonyl (C=O) groups excluding carboxylic acids is 3. The summed E-state index contributed by atoms with van der Waals surface area (Å²) in [6.07, 6.45) is -4.90. The fourth-order valence-electron chi connectivity index (χ4n) is 3.84. The fraction of sp³-hybridized carbons (Fsp3) is 0.364. The van der Waals surface area contributed by atoms with Gasteiger partial charge in [0, 0.05) is 31.3 Å². The largest absolute Gasteiger partial charge is 0.416 e. The second-order valence-corrected chi connectivity index (χ2v) is 8.15. The quantitative estimate of drug-likeness (QED) is 0.632. The first-order chi connectivity index (χ1) is 15.8. The lowest BCUT2D eigenvalue weighted by atomic mass is 10.1. The molecule has 0 aliphatic carbocycles. The van der Waals surface area contributed by atoms with Gasteiger partial charge in [0.15, 0.2) is 0 Å². The first kappa shape index (κ1) is 25.4. The third kappa shape index (κ3) is 5.14. The second-order valence-electron chi connectivity index (χ2n) is 7.75. The summed E-state index contributed by atoms with van der Waals surface area (Å²) in [5.41, 5.74) is -0.804. The van der Waals surface area contributed by atoms with Gasteiger partial charge in [-0.15, -0.1) is 0 Å². The van der Waals surface area contributed by atoms with Crippen LogP contribution in [0.25, 0.3) is 0 Å². The molecule has 1 fully saturated rings. The molecule has 12 heteroatoms. The molecule has 2 heterocycles. The summed E-state index contributed by atoms with van der Waals surface area (Å²) in [7, 11) is 0. The number of nitrogens with one attached hydrogen (secondary N) is 1. The average molecular weight is 501 g/mol. The van der Waals surface area contributed by atoms with Crippen LogP contribution in [0.5, 0.6) is 0 Å². The molecule has 2 atom stereocenters. The number of likely N-dealkylation sites (N-methyl/N-ethyl adjacent to an activating group) is 1. The van der Waals surface area contributed by atoms with E-state index in [1.165, 1.54) is 30.9 Å². The first-order valence-electron chi connectivity index (χ1n) is 10.3. The van der Waals surface area contributed by atoms with E-state index in [0.29, 0.717) is 6.07 Å². The minimum Gasteiger partial charge on any atom is -0.344 e. The van der Waals surface area contributed by atoms with Crippen molar-refractivity contribution in [3.05, 3.63) is 52.4 Å². The summed E-state index contributed by atoms with van der Waals surface area (Å²) < 4.78 is 53.8. The van der Waals surface area contributed by atoms with Crippen molar-refractivity contribution in [2.45, 2.75) is 45.5 Å². The zero-order valence-electron chi connectivity index (χ0n) is 18.4. The summed E-state index contributed by atoms with van der Waals surface area (Å²) in [5, 5.41) is 2.20. The molecule has 1 aliphatic rings. The van der Waals surface area contributed by atoms with E-state index in [1.807, 2.05) is 0 Å². The van der Waals surface area contributed by atoms with Gasteiger partial charge in [0.1, 0.15) is 23.7 Å². The highest BCUT2D eigenvalue weighted by Gasteiger charge is 2.47. The number of carbonyl (C=O) groups is 3. The maximum absolute atomic E-state index is 13.6. The van der Waals surface area contributed by atoms with Crippen LogP contribution in [0, 0.1) is 12.7 Å². The zero-order chi connectivity index (χ0) is 25.4. The van der Waals surface area contributed by atoms with Crippen LogP contribution >= 0.6 is 11.6 Å². The van der Waals surface area contributed by atoms with Crippen molar-refractivity contribution in [3.8, 4) is 0 Å². The van der Waals surface area contributed by atoms with E-state index in [-0.39, 0.29) is 35.2 Å². The maximum Gasteiger partial charge on any atom is 0.416 e. The van der Waals surface area contributed by atoms with Crippen molar-refractivity contribution in [3.63, 3.8) is 0 Å². The Bertz CT molecular complexity index is 1140. The molecule has 1 aromatic heterocycles. The van der Waals surface area contributed by atoms with Crippen molar-refractivity contribution in [1.29, 1.82) is 0 Å². The Balaban J connectivity index is 2.08. The zero-order valence-corrected chi connectivity index (χ0v) is 19.2. The number of amides is 3. The van der Waals surface area contributed by atoms with Crippen LogP contribution in [-0.2, 0) is 20.6 Å². The van der Waals surface area contributed by atoms with Crippen LogP contribution < -0.4 is 15.1 Å². The molecule has 2 aromatic rings. The number of hydrogen-bond acceptors (Lipinski definition) is 4. The normalized spacial score (nSPS) is 18.2. The SMILES string of the molecule is CCN(C(=O)[C@@H]1CC(NC(C)=O)C(=O)N1c1cc(C(F)(F)F)cc(C)n1)c1ccc(F)c(Cl)c1. The Morgan fingerprint density at radius 1 is 1.26 bits per heavy atom. The topological polar surface area (TPSA) is 82.6 Å². The van der Waals surface area contributed by atoms with E-state index >= 15 is 0 Å². The molecule has 1 saturated heterocycles. The van der Waals surface area contributed by atoms with E-state index in [0.717, 1.165) is 17.0 Å². The number of aryl methyl sites for hydroxylation is 1.